The molecule has 5 heteroatoms. The van der Waals surface area contributed by atoms with Gasteiger partial charge in [-0.05, 0) is 22.0 Å². The zero-order chi connectivity index (χ0) is 16.4. The van der Waals surface area contributed by atoms with E-state index in [0.717, 1.165) is 17.8 Å². The molecular weight excluding hydrogens is 275 g/mol. The summed E-state index contributed by atoms with van der Waals surface area (Å²) in [5, 5.41) is 10.3. The number of rotatable bonds is 0. The van der Waals surface area contributed by atoms with Crippen molar-refractivity contribution >= 4 is 7.94 Å². The number of hydrogen-bond donors (Lipinski definition) is 4. The van der Waals surface area contributed by atoms with Gasteiger partial charge >= 0.3 is 29.3 Å². The van der Waals surface area contributed by atoms with E-state index in [-0.39, 0.29) is 10.8 Å². The molecule has 0 heterocycles. The predicted molar refractivity (Wildman–Crippen MR) is 86.4 cm³/mol. The molecule has 0 amide bonds. The zero-order valence-electron chi connectivity index (χ0n) is 13.5. The second kappa shape index (κ2) is 6.40. The van der Waals surface area contributed by atoms with Gasteiger partial charge in [0, 0.05) is 0 Å². The first kappa shape index (κ1) is 19.3. The summed E-state index contributed by atoms with van der Waals surface area (Å²) in [6, 6.07) is 6.04. The first-order valence-corrected chi connectivity index (χ1v) is 8.98. The molecular formula is C15H29O4P. The molecule has 0 unspecified atom stereocenters. The summed E-state index contributed by atoms with van der Waals surface area (Å²) >= 11 is 0. The van der Waals surface area contributed by atoms with Gasteiger partial charge in [-0.3, -0.25) is 0 Å². The molecule has 4 nitrogen and oxygen atoms in total. The van der Waals surface area contributed by atoms with Gasteiger partial charge in [-0.15, -0.1) is 0 Å². The van der Waals surface area contributed by atoms with Crippen LogP contribution in [0.1, 0.15) is 52.7 Å². The maximum absolute atomic E-state index is 10.3. The van der Waals surface area contributed by atoms with Crippen LogP contribution in [-0.4, -0.2) is 26.5 Å². The van der Waals surface area contributed by atoms with E-state index in [2.05, 4.69) is 41.5 Å². The van der Waals surface area contributed by atoms with Crippen molar-refractivity contribution < 1.29 is 19.8 Å². The first-order chi connectivity index (χ1) is 8.64. The van der Waals surface area contributed by atoms with E-state index in [0.29, 0.717) is 5.75 Å². The minimum absolute atomic E-state index is 0.00859. The van der Waals surface area contributed by atoms with Crippen molar-refractivity contribution in [3.63, 3.8) is 0 Å². The van der Waals surface area contributed by atoms with Crippen molar-refractivity contribution in [2.45, 2.75) is 52.4 Å². The van der Waals surface area contributed by atoms with E-state index in [9.17, 15) is 5.11 Å². The Morgan fingerprint density at radius 2 is 1.05 bits per heavy atom. The Kier molecular flexibility index (Phi) is 6.18. The maximum atomic E-state index is 10.3. The number of benzene rings is 1. The minimum atomic E-state index is -3.61. The Balaban J connectivity index is 0.000000621. The Morgan fingerprint density at radius 3 is 1.25 bits per heavy atom. The van der Waals surface area contributed by atoms with Gasteiger partial charge in [0.25, 0.3) is 0 Å². The monoisotopic (exact) mass is 304 g/mol. The molecule has 0 bridgehead atoms. The van der Waals surface area contributed by atoms with Gasteiger partial charge in [-0.1, -0.05) is 59.7 Å². The molecule has 0 aliphatic heterocycles. The molecule has 1 aromatic carbocycles. The molecule has 0 saturated carbocycles. The van der Waals surface area contributed by atoms with Gasteiger partial charge in [0.1, 0.15) is 5.75 Å². The van der Waals surface area contributed by atoms with E-state index in [1.807, 2.05) is 18.2 Å². The number of phenolic OH excluding ortho intramolecular Hbond substituents is 1. The number of phenols is 1. The molecule has 1 rings (SSSR count). The summed E-state index contributed by atoms with van der Waals surface area (Å²) in [5.41, 5.74) is 2.03. The van der Waals surface area contributed by atoms with Crippen LogP contribution in [0.5, 0.6) is 5.75 Å². The number of para-hydroxylation sites is 1. The summed E-state index contributed by atoms with van der Waals surface area (Å²) in [6.45, 7) is 13.7. The predicted octanol–water partition coefficient (Wildman–Crippen LogP) is 3.08. The van der Waals surface area contributed by atoms with Crippen LogP contribution >= 0.6 is 7.94 Å². The molecule has 4 N–H and O–H groups in total. The molecule has 0 aromatic heterocycles. The van der Waals surface area contributed by atoms with Crippen molar-refractivity contribution in [3.8, 4) is 5.75 Å². The third-order valence-corrected chi connectivity index (χ3v) is 2.65. The molecule has 0 spiro atoms. The fourth-order valence-corrected chi connectivity index (χ4v) is 1.75. The van der Waals surface area contributed by atoms with Gasteiger partial charge in [0.15, 0.2) is 0 Å². The van der Waals surface area contributed by atoms with Crippen molar-refractivity contribution in [1.29, 1.82) is 0 Å². The Bertz CT molecular complexity index is 398. The van der Waals surface area contributed by atoms with Crippen LogP contribution < -0.4 is 0 Å². The first-order valence-electron chi connectivity index (χ1n) is 6.64. The summed E-state index contributed by atoms with van der Waals surface area (Å²) in [6.07, 6.45) is 0. The molecule has 0 aliphatic carbocycles. The van der Waals surface area contributed by atoms with E-state index in [1.165, 1.54) is 0 Å². The summed E-state index contributed by atoms with van der Waals surface area (Å²) < 4.78 is 0. The third-order valence-electron chi connectivity index (χ3n) is 2.65. The molecule has 0 radical (unpaired) electrons. The second-order valence-electron chi connectivity index (χ2n) is 7.17. The van der Waals surface area contributed by atoms with Crippen molar-refractivity contribution in [3.05, 3.63) is 29.3 Å². The van der Waals surface area contributed by atoms with Crippen LogP contribution in [-0.2, 0) is 10.8 Å². The number of aromatic hydroxyl groups is 1. The van der Waals surface area contributed by atoms with E-state index >= 15 is 0 Å². The molecule has 1 aromatic rings. The van der Waals surface area contributed by atoms with Crippen LogP contribution in [0.4, 0.5) is 0 Å². The second-order valence-corrected chi connectivity index (χ2v) is 9.11. The molecule has 0 fully saturated rings. The van der Waals surface area contributed by atoms with E-state index in [4.69, 9.17) is 14.7 Å². The Morgan fingerprint density at radius 1 is 0.800 bits per heavy atom. The van der Waals surface area contributed by atoms with Gasteiger partial charge in [-0.2, -0.15) is 0 Å². The van der Waals surface area contributed by atoms with Crippen LogP contribution in [0.15, 0.2) is 18.2 Å². The fourth-order valence-electron chi connectivity index (χ4n) is 1.75. The van der Waals surface area contributed by atoms with E-state index < -0.39 is 7.94 Å². The van der Waals surface area contributed by atoms with Gasteiger partial charge in [-0.25, -0.2) is 0 Å². The van der Waals surface area contributed by atoms with E-state index in [1.54, 1.807) is 0 Å². The average molecular weight is 304 g/mol. The fraction of sp³-hybridized carbons (Fsp3) is 0.600. The Labute approximate surface area is 122 Å². The topological polar surface area (TPSA) is 80.9 Å². The van der Waals surface area contributed by atoms with Gasteiger partial charge < -0.3 is 5.11 Å². The van der Waals surface area contributed by atoms with Gasteiger partial charge in [0.05, 0.1) is 0 Å². The van der Waals surface area contributed by atoms with Crippen LogP contribution in [0, 0.1) is 0 Å². The van der Waals surface area contributed by atoms with Crippen LogP contribution in [0.3, 0.4) is 0 Å². The molecule has 20 heavy (non-hydrogen) atoms. The molecule has 0 aliphatic rings. The third kappa shape index (κ3) is 7.20. The molecule has 118 valence electrons. The Hall–Kier alpha value is -0.670. The van der Waals surface area contributed by atoms with Crippen LogP contribution in [0.25, 0.3) is 0 Å². The molecule has 0 atom stereocenters. The number of hydrogen-bond acceptors (Lipinski definition) is 4. The van der Waals surface area contributed by atoms with Crippen molar-refractivity contribution in [2.24, 2.45) is 0 Å². The van der Waals surface area contributed by atoms with Gasteiger partial charge in [0.2, 0.25) is 0 Å². The normalized spacial score (nSPS) is 13.5. The quantitative estimate of drug-likeness (QED) is 0.555. The van der Waals surface area contributed by atoms with Crippen molar-refractivity contribution in [1.82, 2.24) is 0 Å². The summed E-state index contributed by atoms with van der Waals surface area (Å²) in [5.74, 6) is 0.456. The van der Waals surface area contributed by atoms with Crippen LogP contribution in [0.2, 0.25) is 0 Å². The summed E-state index contributed by atoms with van der Waals surface area (Å²) in [7, 11) is -3.61. The zero-order valence-corrected chi connectivity index (χ0v) is 14.5. The SMILES string of the molecule is CC(C)(C)c1cccc(C(C)(C)C)c1O.C[PH](O)(O)O. The average Bonchev–Trinajstić information content (AvgIpc) is 2.11. The summed E-state index contributed by atoms with van der Waals surface area (Å²) in [4.78, 5) is 23.3. The standard InChI is InChI=1S/C14H22O.CH7O3P/c1-13(2,3)10-8-7-9-11(12(10)15)14(4,5)6;1-5(2,3)4/h7-9,15H,1-6H3;2-5H,1H3. The van der Waals surface area contributed by atoms with Crippen molar-refractivity contribution in [2.75, 3.05) is 6.66 Å². The molecule has 0 saturated heterocycles.